The zero-order valence-corrected chi connectivity index (χ0v) is 18.7. The number of aromatic nitrogens is 2. The molecule has 3 N–H and O–H groups in total. The lowest BCUT2D eigenvalue weighted by molar-refractivity contribution is 0.0996. The van der Waals surface area contributed by atoms with E-state index in [-0.39, 0.29) is 17.2 Å². The number of nitrogens with one attached hydrogen (secondary N) is 1. The number of anilines is 1. The first kappa shape index (κ1) is 21.5. The molecule has 0 unspecified atom stereocenters. The van der Waals surface area contributed by atoms with Gasteiger partial charge in [-0.15, -0.1) is 11.3 Å². The molecule has 0 bridgehead atoms. The maximum atomic E-state index is 13.2. The highest BCUT2D eigenvalue weighted by atomic mass is 32.1. The molecule has 0 atom stereocenters. The number of nitrogens with zero attached hydrogens (tertiary/aromatic N) is 2. The summed E-state index contributed by atoms with van der Waals surface area (Å²) in [6.07, 6.45) is 0.683. The van der Waals surface area contributed by atoms with Gasteiger partial charge in [0.15, 0.2) is 0 Å². The highest BCUT2D eigenvalue weighted by Gasteiger charge is 2.18. The van der Waals surface area contributed by atoms with Crippen LogP contribution in [0.2, 0.25) is 0 Å². The lowest BCUT2D eigenvalue weighted by atomic mass is 10.1. The van der Waals surface area contributed by atoms with Crippen LogP contribution < -0.4 is 15.8 Å². The molecule has 0 aliphatic heterocycles. The standard InChI is InChI=1S/C24H22N4O3S/c1-13-4-6-15(7-5-13)10-21-26-14(2)24(32-21)28-23(30)18-12-20(22(25)29)27-19-9-8-16(31-3)11-17(18)19/h4-9,11-12H,10H2,1-3H3,(H2,25,29)(H,28,30). The number of thiazole rings is 1. The minimum absolute atomic E-state index is 0.0221. The number of aryl methyl sites for hydroxylation is 2. The van der Waals surface area contributed by atoms with E-state index in [9.17, 15) is 9.59 Å². The molecule has 8 heteroatoms. The molecule has 0 fully saturated rings. The van der Waals surface area contributed by atoms with Gasteiger partial charge >= 0.3 is 0 Å². The molecule has 2 heterocycles. The summed E-state index contributed by atoms with van der Waals surface area (Å²) in [5.74, 6) is -0.498. The Morgan fingerprint density at radius 1 is 1.06 bits per heavy atom. The summed E-state index contributed by atoms with van der Waals surface area (Å²) < 4.78 is 5.28. The second kappa shape index (κ2) is 8.76. The summed E-state index contributed by atoms with van der Waals surface area (Å²) in [4.78, 5) is 33.8. The van der Waals surface area contributed by atoms with Gasteiger partial charge in [0.25, 0.3) is 11.8 Å². The minimum atomic E-state index is -0.703. The number of pyridine rings is 1. The van der Waals surface area contributed by atoms with Crippen molar-refractivity contribution in [2.45, 2.75) is 20.3 Å². The highest BCUT2D eigenvalue weighted by molar-refractivity contribution is 7.16. The quantitative estimate of drug-likeness (QED) is 0.460. The topological polar surface area (TPSA) is 107 Å². The van der Waals surface area contributed by atoms with Crippen molar-refractivity contribution >= 4 is 39.1 Å². The number of ether oxygens (including phenoxy) is 1. The van der Waals surface area contributed by atoms with Gasteiger partial charge in [-0.2, -0.15) is 0 Å². The van der Waals surface area contributed by atoms with Gasteiger partial charge in [-0.1, -0.05) is 29.8 Å². The van der Waals surface area contributed by atoms with E-state index in [1.807, 2.05) is 13.8 Å². The fraction of sp³-hybridized carbons (Fsp3) is 0.167. The lowest BCUT2D eigenvalue weighted by Crippen LogP contribution is -2.17. The Morgan fingerprint density at radius 2 is 1.81 bits per heavy atom. The second-order valence-corrected chi connectivity index (χ2v) is 8.52. The smallest absolute Gasteiger partial charge is 0.267 e. The number of methoxy groups -OCH3 is 1. The van der Waals surface area contributed by atoms with Crippen LogP contribution >= 0.6 is 11.3 Å². The van der Waals surface area contributed by atoms with Crippen molar-refractivity contribution in [2.24, 2.45) is 5.73 Å². The minimum Gasteiger partial charge on any atom is -0.497 e. The van der Waals surface area contributed by atoms with E-state index in [2.05, 4.69) is 39.6 Å². The van der Waals surface area contributed by atoms with Crippen LogP contribution in [0.3, 0.4) is 0 Å². The number of carbonyl (C=O) groups is 2. The fourth-order valence-electron chi connectivity index (χ4n) is 3.34. The molecular formula is C24H22N4O3S. The first-order valence-corrected chi connectivity index (χ1v) is 10.8. The van der Waals surface area contributed by atoms with E-state index < -0.39 is 5.91 Å². The van der Waals surface area contributed by atoms with Gasteiger partial charge in [0.1, 0.15) is 16.4 Å². The van der Waals surface area contributed by atoms with Gasteiger partial charge in [0.05, 0.1) is 28.9 Å². The van der Waals surface area contributed by atoms with Crippen molar-refractivity contribution in [3.05, 3.63) is 81.6 Å². The van der Waals surface area contributed by atoms with Crippen LogP contribution in [0.1, 0.15) is 42.7 Å². The number of amides is 2. The highest BCUT2D eigenvalue weighted by Crippen LogP contribution is 2.29. The Bertz CT molecular complexity index is 1330. The van der Waals surface area contributed by atoms with Crippen LogP contribution in [-0.2, 0) is 6.42 Å². The first-order chi connectivity index (χ1) is 15.3. The fourth-order valence-corrected chi connectivity index (χ4v) is 4.33. The Kier molecular flexibility index (Phi) is 5.87. The first-order valence-electron chi connectivity index (χ1n) is 9.96. The van der Waals surface area contributed by atoms with Crippen LogP contribution in [0.25, 0.3) is 10.9 Å². The summed E-state index contributed by atoms with van der Waals surface area (Å²) in [7, 11) is 1.54. The van der Waals surface area contributed by atoms with E-state index in [0.717, 1.165) is 16.3 Å². The molecular weight excluding hydrogens is 424 g/mol. The van der Waals surface area contributed by atoms with Crippen LogP contribution in [0.5, 0.6) is 5.75 Å². The van der Waals surface area contributed by atoms with Gasteiger partial charge < -0.3 is 15.8 Å². The second-order valence-electron chi connectivity index (χ2n) is 7.44. The van der Waals surface area contributed by atoms with Crippen molar-refractivity contribution in [1.29, 1.82) is 0 Å². The molecule has 162 valence electrons. The molecule has 2 amide bonds. The SMILES string of the molecule is COc1ccc2nc(C(N)=O)cc(C(=O)Nc3sc(Cc4ccc(C)cc4)nc3C)c2c1. The molecule has 0 radical (unpaired) electrons. The van der Waals surface area contributed by atoms with Gasteiger partial charge in [-0.3, -0.25) is 9.59 Å². The number of primary amides is 1. The zero-order chi connectivity index (χ0) is 22.8. The Labute approximate surface area is 189 Å². The van der Waals surface area contributed by atoms with Crippen LogP contribution in [0.4, 0.5) is 5.00 Å². The number of benzene rings is 2. The third kappa shape index (κ3) is 4.45. The van der Waals surface area contributed by atoms with Crippen molar-refractivity contribution in [2.75, 3.05) is 12.4 Å². The molecule has 4 aromatic rings. The molecule has 2 aromatic heterocycles. The number of rotatable bonds is 6. The largest absolute Gasteiger partial charge is 0.497 e. The Balaban J connectivity index is 1.65. The van der Waals surface area contributed by atoms with Crippen LogP contribution in [-0.4, -0.2) is 28.9 Å². The normalized spacial score (nSPS) is 10.8. The number of hydrogen-bond acceptors (Lipinski definition) is 6. The van der Waals surface area contributed by atoms with E-state index in [0.29, 0.717) is 28.1 Å². The average molecular weight is 447 g/mol. The summed E-state index contributed by atoms with van der Waals surface area (Å²) in [6.45, 7) is 3.90. The molecule has 2 aromatic carbocycles. The number of carbonyl (C=O) groups excluding carboxylic acids is 2. The molecule has 0 spiro atoms. The third-order valence-corrected chi connectivity index (χ3v) is 6.13. The maximum Gasteiger partial charge on any atom is 0.267 e. The maximum absolute atomic E-state index is 13.2. The number of fused-ring (bicyclic) bond motifs is 1. The predicted molar refractivity (Wildman–Crippen MR) is 126 cm³/mol. The van der Waals surface area contributed by atoms with E-state index in [4.69, 9.17) is 10.5 Å². The van der Waals surface area contributed by atoms with Crippen molar-refractivity contribution in [1.82, 2.24) is 9.97 Å². The number of hydrogen-bond donors (Lipinski definition) is 2. The molecule has 4 rings (SSSR count). The predicted octanol–water partition coefficient (Wildman–Crippen LogP) is 4.26. The van der Waals surface area contributed by atoms with E-state index in [1.165, 1.54) is 23.0 Å². The molecule has 0 aliphatic carbocycles. The monoisotopic (exact) mass is 446 g/mol. The molecule has 7 nitrogen and oxygen atoms in total. The Hall–Kier alpha value is -3.78. The third-order valence-electron chi connectivity index (χ3n) is 5.06. The summed E-state index contributed by atoms with van der Waals surface area (Å²) in [5, 5.41) is 5.06. The molecule has 0 saturated carbocycles. The van der Waals surface area contributed by atoms with Crippen molar-refractivity contribution in [3.63, 3.8) is 0 Å². The summed E-state index contributed by atoms with van der Waals surface area (Å²) in [5.41, 5.74) is 9.30. The zero-order valence-electron chi connectivity index (χ0n) is 17.9. The van der Waals surface area contributed by atoms with Gasteiger partial charge in [0.2, 0.25) is 0 Å². The lowest BCUT2D eigenvalue weighted by Gasteiger charge is -2.10. The van der Waals surface area contributed by atoms with Crippen LogP contribution in [0.15, 0.2) is 48.5 Å². The van der Waals surface area contributed by atoms with Gasteiger partial charge in [-0.05, 0) is 43.7 Å². The molecule has 0 saturated heterocycles. The van der Waals surface area contributed by atoms with E-state index >= 15 is 0 Å². The average Bonchev–Trinajstić information content (AvgIpc) is 3.12. The van der Waals surface area contributed by atoms with Crippen molar-refractivity contribution < 1.29 is 14.3 Å². The van der Waals surface area contributed by atoms with Gasteiger partial charge in [-0.25, -0.2) is 9.97 Å². The summed E-state index contributed by atoms with van der Waals surface area (Å²) in [6, 6.07) is 14.8. The number of nitrogens with two attached hydrogens (primary N) is 1. The van der Waals surface area contributed by atoms with Crippen molar-refractivity contribution in [3.8, 4) is 5.75 Å². The van der Waals surface area contributed by atoms with E-state index in [1.54, 1.807) is 25.3 Å². The summed E-state index contributed by atoms with van der Waals surface area (Å²) >= 11 is 1.43. The molecule has 32 heavy (non-hydrogen) atoms. The molecule has 0 aliphatic rings. The van der Waals surface area contributed by atoms with Gasteiger partial charge in [0, 0.05) is 11.8 Å². The Morgan fingerprint density at radius 3 is 2.50 bits per heavy atom. The van der Waals surface area contributed by atoms with Crippen LogP contribution in [0, 0.1) is 13.8 Å².